The molecule has 2 bridgehead atoms. The summed E-state index contributed by atoms with van der Waals surface area (Å²) in [6.45, 7) is 3.34. The van der Waals surface area contributed by atoms with Crippen LogP contribution < -0.4 is 14.9 Å². The first kappa shape index (κ1) is 18.7. The Morgan fingerprint density at radius 2 is 1.00 bits per heavy atom. The molecule has 1 aliphatic heterocycles. The van der Waals surface area contributed by atoms with Gasteiger partial charge in [0.15, 0.2) is 0 Å². The quantitative estimate of drug-likeness (QED) is 0.550. The van der Waals surface area contributed by atoms with E-state index in [1.165, 1.54) is 0 Å². The molecule has 1 aromatic heterocycles. The highest BCUT2D eigenvalue weighted by molar-refractivity contribution is 5.95. The minimum Gasteiger partial charge on any atom is -0.490 e. The molecule has 0 unspecified atom stereocenters. The van der Waals surface area contributed by atoms with Crippen molar-refractivity contribution in [1.29, 1.82) is 0 Å². The number of benzene rings is 2. The van der Waals surface area contributed by atoms with E-state index in [0.717, 1.165) is 0 Å². The lowest BCUT2D eigenvalue weighted by Crippen LogP contribution is -2.15. The molecule has 0 N–H and O–H groups in total. The smallest absolute Gasteiger partial charge is 0.208 e. The van der Waals surface area contributed by atoms with E-state index in [2.05, 4.69) is 0 Å². The molecule has 0 spiro atoms. The number of hydrogen-bond donors (Lipinski definition) is 0. The van der Waals surface area contributed by atoms with Crippen molar-refractivity contribution in [3.05, 3.63) is 46.6 Å². The van der Waals surface area contributed by atoms with Gasteiger partial charge in [-0.05, 0) is 24.3 Å². The molecule has 7 heteroatoms. The van der Waals surface area contributed by atoms with E-state index >= 15 is 0 Å². The molecular weight excluding hydrogens is 364 g/mol. The van der Waals surface area contributed by atoms with E-state index in [9.17, 15) is 4.79 Å². The van der Waals surface area contributed by atoms with Crippen LogP contribution in [0.1, 0.15) is 0 Å². The molecule has 0 fully saturated rings. The normalized spacial score (nSPS) is 17.1. The summed E-state index contributed by atoms with van der Waals surface area (Å²) in [4.78, 5) is 13.3. The van der Waals surface area contributed by atoms with Crippen LogP contribution in [-0.4, -0.2) is 52.9 Å². The highest BCUT2D eigenvalue weighted by atomic mass is 16.6. The first-order chi connectivity index (χ1) is 13.8. The van der Waals surface area contributed by atoms with Crippen LogP contribution in [0.25, 0.3) is 21.9 Å². The monoisotopic (exact) mass is 386 g/mol. The van der Waals surface area contributed by atoms with Crippen molar-refractivity contribution >= 4 is 21.9 Å². The third kappa shape index (κ3) is 4.11. The second-order valence-corrected chi connectivity index (χ2v) is 6.22. The molecule has 2 heterocycles. The van der Waals surface area contributed by atoms with Crippen molar-refractivity contribution < 1.29 is 28.1 Å². The zero-order chi connectivity index (χ0) is 19.2. The van der Waals surface area contributed by atoms with Gasteiger partial charge in [-0.25, -0.2) is 0 Å². The Balaban J connectivity index is 1.73. The van der Waals surface area contributed by atoms with Crippen LogP contribution in [0.5, 0.6) is 11.5 Å². The van der Waals surface area contributed by atoms with Crippen LogP contribution in [-0.2, 0) is 14.2 Å². The standard InChI is InChI=1S/C21H22O7/c22-21-19-15-3-1-5-17(19)28-18-6-2-4-16(20(18)21)27-14-12-25-10-8-23-7-9-24-11-13-26-15/h1-6H,7-14H2. The summed E-state index contributed by atoms with van der Waals surface area (Å²) in [6, 6.07) is 10.6. The largest absolute Gasteiger partial charge is 0.490 e. The Hall–Kier alpha value is -2.61. The van der Waals surface area contributed by atoms with Crippen LogP contribution >= 0.6 is 0 Å². The van der Waals surface area contributed by atoms with Crippen molar-refractivity contribution in [2.75, 3.05) is 52.9 Å². The van der Waals surface area contributed by atoms with E-state index in [-0.39, 0.29) is 5.43 Å². The topological polar surface area (TPSA) is 76.4 Å². The second-order valence-electron chi connectivity index (χ2n) is 6.22. The minimum atomic E-state index is -0.182. The molecule has 4 rings (SSSR count). The SMILES string of the molecule is O=c1c2c3cccc2oc2cccc(c12)OCCOCCOCCOCCO3. The first-order valence-corrected chi connectivity index (χ1v) is 9.32. The van der Waals surface area contributed by atoms with Gasteiger partial charge in [0, 0.05) is 0 Å². The molecule has 0 saturated carbocycles. The summed E-state index contributed by atoms with van der Waals surface area (Å²) < 4.78 is 34.0. The van der Waals surface area contributed by atoms with Crippen molar-refractivity contribution in [2.24, 2.45) is 0 Å². The Bertz CT molecular complexity index is 920. The Morgan fingerprint density at radius 1 is 0.571 bits per heavy atom. The van der Waals surface area contributed by atoms with Gasteiger partial charge in [0.2, 0.25) is 5.43 Å². The summed E-state index contributed by atoms with van der Waals surface area (Å²) in [5, 5.41) is 0.790. The predicted octanol–water partition coefficient (Wildman–Crippen LogP) is 2.77. The highest BCUT2D eigenvalue weighted by Crippen LogP contribution is 2.30. The van der Waals surface area contributed by atoms with Crippen molar-refractivity contribution in [3.63, 3.8) is 0 Å². The van der Waals surface area contributed by atoms with E-state index < -0.39 is 0 Å². The molecule has 0 saturated heterocycles. The Kier molecular flexibility index (Phi) is 6.06. The Labute approximate surface area is 161 Å². The average molecular weight is 386 g/mol. The van der Waals surface area contributed by atoms with Crippen LogP contribution in [0.2, 0.25) is 0 Å². The summed E-state index contributed by atoms with van der Waals surface area (Å²) in [7, 11) is 0. The molecular formula is C21H22O7. The van der Waals surface area contributed by atoms with Gasteiger partial charge in [0.25, 0.3) is 0 Å². The van der Waals surface area contributed by atoms with Gasteiger partial charge >= 0.3 is 0 Å². The molecule has 0 atom stereocenters. The fraction of sp³-hybridized carbons (Fsp3) is 0.381. The molecule has 28 heavy (non-hydrogen) atoms. The average Bonchev–Trinajstić information content (AvgIpc) is 2.70. The first-order valence-electron chi connectivity index (χ1n) is 9.32. The third-order valence-corrected chi connectivity index (χ3v) is 4.36. The maximum Gasteiger partial charge on any atom is 0.208 e. The van der Waals surface area contributed by atoms with E-state index in [1.54, 1.807) is 36.4 Å². The predicted molar refractivity (Wildman–Crippen MR) is 103 cm³/mol. The number of hydrogen-bond acceptors (Lipinski definition) is 7. The van der Waals surface area contributed by atoms with Gasteiger partial charge in [-0.3, -0.25) is 4.79 Å². The molecule has 1 aliphatic rings. The maximum atomic E-state index is 13.3. The molecule has 3 aromatic rings. The van der Waals surface area contributed by atoms with Gasteiger partial charge in [-0.1, -0.05) is 12.1 Å². The fourth-order valence-corrected chi connectivity index (χ4v) is 3.09. The maximum absolute atomic E-state index is 13.3. The molecule has 0 aliphatic carbocycles. The molecule has 148 valence electrons. The lowest BCUT2D eigenvalue weighted by molar-refractivity contribution is 0.00508. The van der Waals surface area contributed by atoms with E-state index in [4.69, 9.17) is 28.1 Å². The highest BCUT2D eigenvalue weighted by Gasteiger charge is 2.16. The van der Waals surface area contributed by atoms with Crippen LogP contribution in [0.15, 0.2) is 45.6 Å². The summed E-state index contributed by atoms with van der Waals surface area (Å²) in [5.41, 5.74) is 0.761. The van der Waals surface area contributed by atoms with Gasteiger partial charge in [-0.15, -0.1) is 0 Å². The molecule has 2 aromatic carbocycles. The molecule has 0 radical (unpaired) electrons. The van der Waals surface area contributed by atoms with Gasteiger partial charge < -0.3 is 28.1 Å². The lowest BCUT2D eigenvalue weighted by atomic mass is 10.1. The van der Waals surface area contributed by atoms with Gasteiger partial charge in [0.1, 0.15) is 46.7 Å². The lowest BCUT2D eigenvalue weighted by Gasteiger charge is -2.13. The zero-order valence-corrected chi connectivity index (χ0v) is 15.5. The third-order valence-electron chi connectivity index (χ3n) is 4.36. The van der Waals surface area contributed by atoms with Gasteiger partial charge in [-0.2, -0.15) is 0 Å². The summed E-state index contributed by atoms with van der Waals surface area (Å²) in [6.07, 6.45) is 0. The fourth-order valence-electron chi connectivity index (χ4n) is 3.09. The van der Waals surface area contributed by atoms with E-state index in [1.807, 2.05) is 0 Å². The van der Waals surface area contributed by atoms with Crippen LogP contribution in [0.3, 0.4) is 0 Å². The van der Waals surface area contributed by atoms with Crippen LogP contribution in [0.4, 0.5) is 0 Å². The Morgan fingerprint density at radius 3 is 1.46 bits per heavy atom. The number of rotatable bonds is 0. The van der Waals surface area contributed by atoms with E-state index in [0.29, 0.717) is 86.3 Å². The van der Waals surface area contributed by atoms with Crippen LogP contribution in [0, 0.1) is 0 Å². The van der Waals surface area contributed by atoms with Gasteiger partial charge in [0.05, 0.1) is 39.6 Å². The molecule has 7 nitrogen and oxygen atoms in total. The summed E-state index contributed by atoms with van der Waals surface area (Å²) >= 11 is 0. The number of ether oxygens (including phenoxy) is 5. The second kappa shape index (κ2) is 9.05. The minimum absolute atomic E-state index is 0.182. The molecule has 0 amide bonds. The summed E-state index contributed by atoms with van der Waals surface area (Å²) in [5.74, 6) is 0.930. The van der Waals surface area contributed by atoms with Crippen molar-refractivity contribution in [3.8, 4) is 11.5 Å². The zero-order valence-electron chi connectivity index (χ0n) is 15.5. The van der Waals surface area contributed by atoms with Crippen molar-refractivity contribution in [2.45, 2.75) is 0 Å². The van der Waals surface area contributed by atoms with Crippen molar-refractivity contribution in [1.82, 2.24) is 0 Å².